The average molecular weight is 353 g/mol. The largest absolute Gasteiger partial charge is 0.496 e. The molecule has 1 aromatic carbocycles. The molecule has 0 saturated carbocycles. The molecule has 1 N–H and O–H groups in total. The van der Waals surface area contributed by atoms with Gasteiger partial charge in [0.1, 0.15) is 11.6 Å². The van der Waals surface area contributed by atoms with Gasteiger partial charge in [-0.15, -0.1) is 0 Å². The number of alkyl carbamates (subject to hydrolysis) is 1. The maximum atomic E-state index is 13.4. The summed E-state index contributed by atoms with van der Waals surface area (Å²) in [6.07, 6.45) is 5.55. The summed E-state index contributed by atoms with van der Waals surface area (Å²) in [5.74, 6) is 0.499. The molecule has 1 aliphatic rings. The Balaban J connectivity index is 1.65. The first-order valence-corrected chi connectivity index (χ1v) is 9.00. The van der Waals surface area contributed by atoms with Gasteiger partial charge in [-0.3, -0.25) is 0 Å². The Labute approximate surface area is 148 Å². The van der Waals surface area contributed by atoms with Crippen molar-refractivity contribution in [2.24, 2.45) is 0 Å². The number of halogens is 1. The van der Waals surface area contributed by atoms with Crippen LogP contribution in [-0.2, 0) is 15.9 Å². The zero-order chi connectivity index (χ0) is 18.1. The highest BCUT2D eigenvalue weighted by atomic mass is 19.1. The summed E-state index contributed by atoms with van der Waals surface area (Å²) in [4.78, 5) is 11.2. The summed E-state index contributed by atoms with van der Waals surface area (Å²) in [6, 6.07) is 4.62. The number of carbonyl (C=O) groups is 1. The van der Waals surface area contributed by atoms with Crippen LogP contribution in [0.4, 0.5) is 9.18 Å². The van der Waals surface area contributed by atoms with Crippen molar-refractivity contribution in [1.29, 1.82) is 0 Å². The molecule has 1 aliphatic heterocycles. The van der Waals surface area contributed by atoms with Crippen LogP contribution in [0.5, 0.6) is 5.75 Å². The predicted octanol–water partition coefficient (Wildman–Crippen LogP) is 3.84. The van der Waals surface area contributed by atoms with Gasteiger partial charge >= 0.3 is 6.09 Å². The lowest BCUT2D eigenvalue weighted by Crippen LogP contribution is -2.27. The van der Waals surface area contributed by atoms with E-state index in [0.29, 0.717) is 13.2 Å². The molecule has 6 heteroatoms. The molecule has 1 fully saturated rings. The van der Waals surface area contributed by atoms with E-state index in [1.807, 2.05) is 0 Å². The second-order valence-corrected chi connectivity index (χ2v) is 6.24. The molecule has 2 atom stereocenters. The van der Waals surface area contributed by atoms with E-state index in [0.717, 1.165) is 49.8 Å². The first-order valence-electron chi connectivity index (χ1n) is 9.00. The predicted molar refractivity (Wildman–Crippen MR) is 93.4 cm³/mol. The SMILES string of the molecule is CCOC(=O)NCCC1CCC(CCCc2cc(F)ccc2OC)O1. The van der Waals surface area contributed by atoms with Gasteiger partial charge in [-0.2, -0.15) is 0 Å². The smallest absolute Gasteiger partial charge is 0.407 e. The Kier molecular flexibility index (Phi) is 7.98. The molecule has 2 unspecified atom stereocenters. The van der Waals surface area contributed by atoms with Crippen molar-refractivity contribution in [3.8, 4) is 5.75 Å². The summed E-state index contributed by atoms with van der Waals surface area (Å²) in [5, 5.41) is 2.72. The highest BCUT2D eigenvalue weighted by molar-refractivity contribution is 5.66. The van der Waals surface area contributed by atoms with Gasteiger partial charge in [-0.1, -0.05) is 0 Å². The van der Waals surface area contributed by atoms with Crippen LogP contribution in [0.1, 0.15) is 44.6 Å². The molecule has 0 spiro atoms. The van der Waals surface area contributed by atoms with Gasteiger partial charge in [-0.05, 0) is 69.2 Å². The molecule has 1 heterocycles. The van der Waals surface area contributed by atoms with Gasteiger partial charge in [0.25, 0.3) is 0 Å². The monoisotopic (exact) mass is 353 g/mol. The lowest BCUT2D eigenvalue weighted by Gasteiger charge is -2.14. The molecule has 0 aromatic heterocycles. The van der Waals surface area contributed by atoms with E-state index in [2.05, 4.69) is 5.32 Å². The van der Waals surface area contributed by atoms with E-state index in [-0.39, 0.29) is 24.1 Å². The summed E-state index contributed by atoms with van der Waals surface area (Å²) < 4.78 is 29.5. The quantitative estimate of drug-likeness (QED) is 0.733. The van der Waals surface area contributed by atoms with Gasteiger partial charge in [-0.25, -0.2) is 9.18 Å². The molecule has 25 heavy (non-hydrogen) atoms. The maximum Gasteiger partial charge on any atom is 0.407 e. The number of amides is 1. The van der Waals surface area contributed by atoms with Gasteiger partial charge < -0.3 is 19.5 Å². The number of hydrogen-bond donors (Lipinski definition) is 1. The Bertz CT molecular complexity index is 552. The van der Waals surface area contributed by atoms with Gasteiger partial charge in [0, 0.05) is 6.54 Å². The van der Waals surface area contributed by atoms with E-state index in [1.54, 1.807) is 20.1 Å². The summed E-state index contributed by atoms with van der Waals surface area (Å²) in [6.45, 7) is 2.73. The highest BCUT2D eigenvalue weighted by Crippen LogP contribution is 2.27. The standard InChI is InChI=1S/C19H28FNO4/c1-3-24-19(22)21-12-11-17-9-8-16(25-17)6-4-5-14-13-15(20)7-10-18(14)23-2/h7,10,13,16-17H,3-6,8-9,11-12H2,1-2H3,(H,21,22). The first kappa shape index (κ1) is 19.5. The molecule has 140 valence electrons. The first-order chi connectivity index (χ1) is 12.1. The Morgan fingerprint density at radius 3 is 2.80 bits per heavy atom. The number of methoxy groups -OCH3 is 1. The van der Waals surface area contributed by atoms with E-state index in [9.17, 15) is 9.18 Å². The highest BCUT2D eigenvalue weighted by Gasteiger charge is 2.24. The zero-order valence-electron chi connectivity index (χ0n) is 15.1. The second kappa shape index (κ2) is 10.2. The lowest BCUT2D eigenvalue weighted by atomic mass is 10.0. The van der Waals surface area contributed by atoms with Crippen LogP contribution >= 0.6 is 0 Å². The minimum Gasteiger partial charge on any atom is -0.496 e. The molecule has 1 saturated heterocycles. The fourth-order valence-electron chi connectivity index (χ4n) is 3.18. The van der Waals surface area contributed by atoms with Crippen LogP contribution in [0.25, 0.3) is 0 Å². The van der Waals surface area contributed by atoms with Gasteiger partial charge in [0.05, 0.1) is 25.9 Å². The molecule has 5 nitrogen and oxygen atoms in total. The van der Waals surface area contributed by atoms with Crippen LogP contribution in [-0.4, -0.2) is 38.6 Å². The number of ether oxygens (including phenoxy) is 3. The number of carbonyl (C=O) groups excluding carboxylic acids is 1. The molecule has 2 rings (SSSR count). The Hall–Kier alpha value is -1.82. The fraction of sp³-hybridized carbons (Fsp3) is 0.632. The van der Waals surface area contributed by atoms with E-state index in [4.69, 9.17) is 14.2 Å². The third kappa shape index (κ3) is 6.53. The molecule has 0 radical (unpaired) electrons. The van der Waals surface area contributed by atoms with Crippen LogP contribution in [0, 0.1) is 5.82 Å². The van der Waals surface area contributed by atoms with E-state index < -0.39 is 0 Å². The number of hydrogen-bond acceptors (Lipinski definition) is 4. The molecule has 0 bridgehead atoms. The van der Waals surface area contributed by atoms with Crippen molar-refractivity contribution in [2.75, 3.05) is 20.3 Å². The normalized spacial score (nSPS) is 19.6. The van der Waals surface area contributed by atoms with E-state index in [1.165, 1.54) is 12.1 Å². The number of rotatable bonds is 9. The van der Waals surface area contributed by atoms with Crippen molar-refractivity contribution in [1.82, 2.24) is 5.32 Å². The number of aryl methyl sites for hydroxylation is 1. The average Bonchev–Trinajstić information content (AvgIpc) is 3.03. The van der Waals surface area contributed by atoms with Crippen LogP contribution in [0.3, 0.4) is 0 Å². The maximum absolute atomic E-state index is 13.4. The van der Waals surface area contributed by atoms with Crippen LogP contribution in [0.15, 0.2) is 18.2 Å². The molecule has 1 amide bonds. The van der Waals surface area contributed by atoms with Crippen LogP contribution < -0.4 is 10.1 Å². The second-order valence-electron chi connectivity index (χ2n) is 6.24. The summed E-state index contributed by atoms with van der Waals surface area (Å²) in [5.41, 5.74) is 0.899. The Morgan fingerprint density at radius 2 is 2.08 bits per heavy atom. The fourth-order valence-corrected chi connectivity index (χ4v) is 3.18. The van der Waals surface area contributed by atoms with Gasteiger partial charge in [0.15, 0.2) is 0 Å². The van der Waals surface area contributed by atoms with Crippen molar-refractivity contribution in [3.05, 3.63) is 29.6 Å². The summed E-state index contributed by atoms with van der Waals surface area (Å²) in [7, 11) is 1.60. The van der Waals surface area contributed by atoms with Gasteiger partial charge in [0.2, 0.25) is 0 Å². The third-order valence-electron chi connectivity index (χ3n) is 4.42. The Morgan fingerprint density at radius 1 is 1.32 bits per heavy atom. The van der Waals surface area contributed by atoms with Crippen LogP contribution in [0.2, 0.25) is 0 Å². The van der Waals surface area contributed by atoms with Crippen molar-refractivity contribution >= 4 is 6.09 Å². The van der Waals surface area contributed by atoms with E-state index >= 15 is 0 Å². The van der Waals surface area contributed by atoms with Crippen molar-refractivity contribution < 1.29 is 23.4 Å². The lowest BCUT2D eigenvalue weighted by molar-refractivity contribution is 0.0353. The molecular formula is C19H28FNO4. The van der Waals surface area contributed by atoms with Crippen molar-refractivity contribution in [3.63, 3.8) is 0 Å². The molecular weight excluding hydrogens is 325 g/mol. The zero-order valence-corrected chi connectivity index (χ0v) is 15.1. The molecule has 0 aliphatic carbocycles. The topological polar surface area (TPSA) is 56.8 Å². The number of nitrogens with one attached hydrogen (secondary N) is 1. The minimum atomic E-state index is -0.374. The summed E-state index contributed by atoms with van der Waals surface area (Å²) >= 11 is 0. The third-order valence-corrected chi connectivity index (χ3v) is 4.42. The number of benzene rings is 1. The van der Waals surface area contributed by atoms with Crippen molar-refractivity contribution in [2.45, 2.75) is 57.7 Å². The molecule has 1 aromatic rings. The minimum absolute atomic E-state index is 0.190.